The van der Waals surface area contributed by atoms with Crippen LogP contribution in [0.2, 0.25) is 0 Å². The Morgan fingerprint density at radius 2 is 1.27 bits per heavy atom. The highest BCUT2D eigenvalue weighted by atomic mass is 16.6. The zero-order valence-corrected chi connectivity index (χ0v) is 21.2. The Morgan fingerprint density at radius 1 is 0.818 bits per heavy atom. The molecule has 1 atom stereocenters. The summed E-state index contributed by atoms with van der Waals surface area (Å²) in [5.74, 6) is -0.963. The number of amides is 2. The second-order valence-corrected chi connectivity index (χ2v) is 7.57. The molecule has 2 amide bonds. The molecule has 0 rings (SSSR count). The maximum Gasteiger partial charge on any atom is 0.308 e. The SMILES string of the molecule is CC.CC(NC(=O)CN)C(=O)NCCOCCOCCOCCOCCC(=O)OC(C)(C)C. The first kappa shape index (κ1) is 33.4. The van der Waals surface area contributed by atoms with E-state index in [2.05, 4.69) is 10.6 Å². The summed E-state index contributed by atoms with van der Waals surface area (Å²) in [5, 5.41) is 5.12. The molecule has 0 aliphatic carbocycles. The maximum atomic E-state index is 11.7. The van der Waals surface area contributed by atoms with E-state index < -0.39 is 11.6 Å². The molecule has 0 aromatic rings. The number of nitrogens with two attached hydrogens (primary N) is 1. The normalized spacial score (nSPS) is 11.7. The molecule has 33 heavy (non-hydrogen) atoms. The van der Waals surface area contributed by atoms with E-state index >= 15 is 0 Å². The van der Waals surface area contributed by atoms with Gasteiger partial charge in [-0.3, -0.25) is 14.4 Å². The van der Waals surface area contributed by atoms with Crippen molar-refractivity contribution in [1.82, 2.24) is 10.6 Å². The molecule has 0 radical (unpaired) electrons. The van der Waals surface area contributed by atoms with Gasteiger partial charge < -0.3 is 40.1 Å². The summed E-state index contributed by atoms with van der Waals surface area (Å²) >= 11 is 0. The van der Waals surface area contributed by atoms with Crippen LogP contribution in [0, 0.1) is 0 Å². The number of hydrogen-bond donors (Lipinski definition) is 3. The molecule has 0 aliphatic rings. The molecule has 0 aromatic heterocycles. The Kier molecular flexibility index (Phi) is 22.3. The minimum absolute atomic E-state index is 0.157. The number of hydrogen-bond acceptors (Lipinski definition) is 9. The Morgan fingerprint density at radius 3 is 1.73 bits per heavy atom. The van der Waals surface area contributed by atoms with Gasteiger partial charge in [0, 0.05) is 6.54 Å². The van der Waals surface area contributed by atoms with Gasteiger partial charge in [0.15, 0.2) is 0 Å². The summed E-state index contributed by atoms with van der Waals surface area (Å²) in [6.45, 7) is 14.3. The van der Waals surface area contributed by atoms with Crippen molar-refractivity contribution in [2.45, 2.75) is 59.6 Å². The van der Waals surface area contributed by atoms with Crippen LogP contribution < -0.4 is 16.4 Å². The summed E-state index contributed by atoms with van der Waals surface area (Å²) in [7, 11) is 0. The molecule has 0 saturated heterocycles. The van der Waals surface area contributed by atoms with Crippen LogP contribution in [0.25, 0.3) is 0 Å². The van der Waals surface area contributed by atoms with E-state index in [1.165, 1.54) is 0 Å². The minimum Gasteiger partial charge on any atom is -0.460 e. The molecule has 0 fully saturated rings. The third kappa shape index (κ3) is 24.7. The molecule has 0 aromatic carbocycles. The molecule has 0 aliphatic heterocycles. The fourth-order valence-electron chi connectivity index (χ4n) is 2.08. The zero-order valence-electron chi connectivity index (χ0n) is 21.2. The first-order valence-electron chi connectivity index (χ1n) is 11.5. The topological polar surface area (TPSA) is 147 Å². The minimum atomic E-state index is -0.644. The number of esters is 1. The molecule has 0 spiro atoms. The van der Waals surface area contributed by atoms with Crippen molar-refractivity contribution < 1.29 is 38.1 Å². The fourth-order valence-corrected chi connectivity index (χ4v) is 2.08. The Bertz CT molecular complexity index is 512. The Labute approximate surface area is 198 Å². The van der Waals surface area contributed by atoms with Crippen LogP contribution in [0.4, 0.5) is 0 Å². The van der Waals surface area contributed by atoms with Crippen molar-refractivity contribution in [2.75, 3.05) is 65.9 Å². The molecule has 1 unspecified atom stereocenters. The molecule has 0 heterocycles. The van der Waals surface area contributed by atoms with Gasteiger partial charge in [0.05, 0.1) is 65.8 Å². The van der Waals surface area contributed by atoms with Crippen LogP contribution >= 0.6 is 0 Å². The summed E-state index contributed by atoms with van der Waals surface area (Å²) in [4.78, 5) is 34.3. The van der Waals surface area contributed by atoms with Gasteiger partial charge in [-0.2, -0.15) is 0 Å². The van der Waals surface area contributed by atoms with Gasteiger partial charge in [0.1, 0.15) is 11.6 Å². The van der Waals surface area contributed by atoms with Gasteiger partial charge >= 0.3 is 5.97 Å². The Hall–Kier alpha value is -1.79. The molecule has 0 bridgehead atoms. The first-order valence-corrected chi connectivity index (χ1v) is 11.5. The fraction of sp³-hybridized carbons (Fsp3) is 0.864. The standard InChI is InChI=1S/C20H39N3O8.C2H6/c1-16(23-17(24)15-21)19(26)22-6-8-28-10-12-30-14-13-29-11-9-27-7-5-18(25)31-20(2,3)4;1-2/h16H,5-15,21H2,1-4H3,(H,22,26)(H,23,24);1-2H3. The van der Waals surface area contributed by atoms with Gasteiger partial charge in [-0.15, -0.1) is 0 Å². The van der Waals surface area contributed by atoms with Crippen molar-refractivity contribution in [3.8, 4) is 0 Å². The van der Waals surface area contributed by atoms with Crippen LogP contribution in [0.3, 0.4) is 0 Å². The molecule has 4 N–H and O–H groups in total. The van der Waals surface area contributed by atoms with Crippen LogP contribution in [-0.4, -0.2) is 95.4 Å². The third-order valence-corrected chi connectivity index (χ3v) is 3.49. The lowest BCUT2D eigenvalue weighted by Crippen LogP contribution is -2.47. The third-order valence-electron chi connectivity index (χ3n) is 3.49. The average Bonchev–Trinajstić information content (AvgIpc) is 2.76. The molecule has 11 nitrogen and oxygen atoms in total. The lowest BCUT2D eigenvalue weighted by molar-refractivity contribution is -0.156. The van der Waals surface area contributed by atoms with Gasteiger partial charge in [-0.1, -0.05) is 13.8 Å². The van der Waals surface area contributed by atoms with Crippen molar-refractivity contribution in [2.24, 2.45) is 5.73 Å². The number of rotatable bonds is 18. The van der Waals surface area contributed by atoms with E-state index in [0.717, 1.165) is 0 Å². The van der Waals surface area contributed by atoms with Crippen LogP contribution in [-0.2, 0) is 38.1 Å². The summed E-state index contributed by atoms with van der Waals surface area (Å²) in [5.41, 5.74) is 4.69. The number of carbonyl (C=O) groups excluding carboxylic acids is 3. The lowest BCUT2D eigenvalue weighted by Gasteiger charge is -2.19. The number of ether oxygens (including phenoxy) is 5. The zero-order chi connectivity index (χ0) is 25.5. The van der Waals surface area contributed by atoms with E-state index in [-0.39, 0.29) is 30.7 Å². The summed E-state index contributed by atoms with van der Waals surface area (Å²) in [6, 6.07) is -0.644. The average molecular weight is 480 g/mol. The van der Waals surface area contributed by atoms with Gasteiger partial charge in [-0.25, -0.2) is 0 Å². The first-order chi connectivity index (χ1) is 15.7. The van der Waals surface area contributed by atoms with Crippen LogP contribution in [0.15, 0.2) is 0 Å². The molecular formula is C22H45N3O8. The number of carbonyl (C=O) groups is 3. The highest BCUT2D eigenvalue weighted by Crippen LogP contribution is 2.07. The monoisotopic (exact) mass is 479 g/mol. The van der Waals surface area contributed by atoms with Gasteiger partial charge in [0.2, 0.25) is 11.8 Å². The second-order valence-electron chi connectivity index (χ2n) is 7.57. The molecule has 11 heteroatoms. The highest BCUT2D eigenvalue weighted by molar-refractivity contribution is 5.87. The Balaban J connectivity index is 0. The van der Waals surface area contributed by atoms with Crippen molar-refractivity contribution in [3.63, 3.8) is 0 Å². The lowest BCUT2D eigenvalue weighted by atomic mass is 10.2. The van der Waals surface area contributed by atoms with E-state index in [9.17, 15) is 14.4 Å². The van der Waals surface area contributed by atoms with E-state index in [0.29, 0.717) is 59.4 Å². The molecule has 196 valence electrons. The van der Waals surface area contributed by atoms with Crippen molar-refractivity contribution >= 4 is 17.8 Å². The molecular weight excluding hydrogens is 434 g/mol. The van der Waals surface area contributed by atoms with E-state index in [1.54, 1.807) is 6.92 Å². The highest BCUT2D eigenvalue weighted by Gasteiger charge is 2.15. The van der Waals surface area contributed by atoms with Crippen molar-refractivity contribution in [3.05, 3.63) is 0 Å². The van der Waals surface area contributed by atoms with E-state index in [4.69, 9.17) is 29.4 Å². The van der Waals surface area contributed by atoms with E-state index in [1.807, 2.05) is 34.6 Å². The quantitative estimate of drug-likeness (QED) is 0.188. The largest absolute Gasteiger partial charge is 0.460 e. The predicted octanol–water partition coefficient (Wildman–Crippen LogP) is 0.390. The smallest absolute Gasteiger partial charge is 0.308 e. The van der Waals surface area contributed by atoms with Gasteiger partial charge in [-0.05, 0) is 27.7 Å². The number of nitrogens with one attached hydrogen (secondary N) is 2. The molecule has 0 saturated carbocycles. The summed E-state index contributed by atoms with van der Waals surface area (Å²) in [6.07, 6.45) is 0.216. The summed E-state index contributed by atoms with van der Waals surface area (Å²) < 4.78 is 26.6. The second kappa shape index (κ2) is 22.0. The van der Waals surface area contributed by atoms with Gasteiger partial charge in [0.25, 0.3) is 0 Å². The predicted molar refractivity (Wildman–Crippen MR) is 125 cm³/mol. The maximum absolute atomic E-state index is 11.7. The van der Waals surface area contributed by atoms with Crippen LogP contribution in [0.5, 0.6) is 0 Å². The van der Waals surface area contributed by atoms with Crippen molar-refractivity contribution in [1.29, 1.82) is 0 Å². The van der Waals surface area contributed by atoms with Crippen LogP contribution in [0.1, 0.15) is 48.0 Å².